The summed E-state index contributed by atoms with van der Waals surface area (Å²) in [6, 6.07) is 18.6. The Kier molecular flexibility index (Phi) is 6.82. The van der Waals surface area contributed by atoms with Gasteiger partial charge < -0.3 is 10.6 Å². The zero-order valence-electron chi connectivity index (χ0n) is 19.4. The molecular formula is C27H21F3N4O2. The summed E-state index contributed by atoms with van der Waals surface area (Å²) < 4.78 is 38.9. The van der Waals surface area contributed by atoms with Crippen molar-refractivity contribution in [2.75, 3.05) is 10.6 Å². The van der Waals surface area contributed by atoms with E-state index in [0.29, 0.717) is 11.5 Å². The molecule has 2 heterocycles. The van der Waals surface area contributed by atoms with Gasteiger partial charge in [0.25, 0.3) is 5.91 Å². The second-order valence-corrected chi connectivity index (χ2v) is 8.10. The number of aromatic nitrogens is 2. The Labute approximate surface area is 205 Å². The molecule has 0 spiro atoms. The number of carbonyl (C=O) groups excluding carboxylic acids is 2. The lowest BCUT2D eigenvalue weighted by atomic mass is 9.96. The van der Waals surface area contributed by atoms with Crippen LogP contribution in [0.3, 0.4) is 0 Å². The molecule has 4 aromatic rings. The number of amides is 2. The second-order valence-electron chi connectivity index (χ2n) is 8.10. The van der Waals surface area contributed by atoms with Gasteiger partial charge in [0.15, 0.2) is 0 Å². The summed E-state index contributed by atoms with van der Waals surface area (Å²) in [6.07, 6.45) is -2.08. The van der Waals surface area contributed by atoms with E-state index in [1.54, 1.807) is 24.4 Å². The third-order valence-corrected chi connectivity index (χ3v) is 5.38. The Morgan fingerprint density at radius 2 is 1.53 bits per heavy atom. The number of alkyl halides is 3. The fourth-order valence-corrected chi connectivity index (χ4v) is 3.67. The van der Waals surface area contributed by atoms with Crippen molar-refractivity contribution >= 4 is 23.3 Å². The molecule has 4 rings (SSSR count). The van der Waals surface area contributed by atoms with E-state index in [4.69, 9.17) is 0 Å². The predicted molar refractivity (Wildman–Crippen MR) is 131 cm³/mol. The summed E-state index contributed by atoms with van der Waals surface area (Å²) in [5, 5.41) is 5.33. The van der Waals surface area contributed by atoms with Gasteiger partial charge in [0.05, 0.1) is 0 Å². The van der Waals surface area contributed by atoms with E-state index in [-0.39, 0.29) is 11.5 Å². The monoisotopic (exact) mass is 490 g/mol. The average Bonchev–Trinajstić information content (AvgIpc) is 2.84. The van der Waals surface area contributed by atoms with Gasteiger partial charge in [-0.2, -0.15) is 13.2 Å². The van der Waals surface area contributed by atoms with Crippen LogP contribution in [0, 0.1) is 6.92 Å². The van der Waals surface area contributed by atoms with Gasteiger partial charge in [-0.15, -0.1) is 0 Å². The SMILES string of the molecule is CC(=O)Nc1cc(-c2cccc(-c3cc(NC(=O)c4ccnc(C(F)(F)F)c4)ccc3C)c2)ccn1. The molecule has 0 unspecified atom stereocenters. The van der Waals surface area contributed by atoms with E-state index in [9.17, 15) is 22.8 Å². The molecule has 0 saturated heterocycles. The zero-order valence-corrected chi connectivity index (χ0v) is 19.4. The molecule has 0 bridgehead atoms. The highest BCUT2D eigenvalue weighted by Crippen LogP contribution is 2.31. The quantitative estimate of drug-likeness (QED) is 0.342. The minimum absolute atomic E-state index is 0.144. The first-order valence-corrected chi connectivity index (χ1v) is 10.9. The predicted octanol–water partition coefficient (Wildman–Crippen LogP) is 6.35. The largest absolute Gasteiger partial charge is 0.433 e. The summed E-state index contributed by atoms with van der Waals surface area (Å²) in [7, 11) is 0. The number of carbonyl (C=O) groups is 2. The molecule has 0 aliphatic carbocycles. The molecule has 0 aliphatic rings. The topological polar surface area (TPSA) is 84.0 Å². The Balaban J connectivity index is 1.62. The van der Waals surface area contributed by atoms with Crippen LogP contribution in [0.15, 0.2) is 79.1 Å². The highest BCUT2D eigenvalue weighted by atomic mass is 19.4. The molecule has 0 fully saturated rings. The summed E-state index contributed by atoms with van der Waals surface area (Å²) in [4.78, 5) is 31.4. The van der Waals surface area contributed by atoms with Gasteiger partial charge in [0.2, 0.25) is 5.91 Å². The van der Waals surface area contributed by atoms with Gasteiger partial charge in [-0.25, -0.2) is 4.98 Å². The number of nitrogens with zero attached hydrogens (tertiary/aromatic N) is 2. The summed E-state index contributed by atoms with van der Waals surface area (Å²) in [5.74, 6) is -0.450. The van der Waals surface area contributed by atoms with Crippen LogP contribution >= 0.6 is 0 Å². The fourth-order valence-electron chi connectivity index (χ4n) is 3.67. The lowest BCUT2D eigenvalue weighted by Crippen LogP contribution is -2.15. The first-order valence-electron chi connectivity index (χ1n) is 10.9. The Morgan fingerprint density at radius 3 is 2.28 bits per heavy atom. The van der Waals surface area contributed by atoms with Crippen LogP contribution in [0.4, 0.5) is 24.7 Å². The van der Waals surface area contributed by atoms with Crippen molar-refractivity contribution in [2.45, 2.75) is 20.0 Å². The lowest BCUT2D eigenvalue weighted by molar-refractivity contribution is -0.141. The molecule has 182 valence electrons. The minimum atomic E-state index is -4.64. The third kappa shape index (κ3) is 5.75. The second kappa shape index (κ2) is 9.99. The van der Waals surface area contributed by atoms with Crippen molar-refractivity contribution in [2.24, 2.45) is 0 Å². The van der Waals surface area contributed by atoms with Crippen molar-refractivity contribution in [3.05, 3.63) is 95.9 Å². The Bertz CT molecular complexity index is 1450. The molecule has 2 aromatic carbocycles. The van der Waals surface area contributed by atoms with Crippen LogP contribution < -0.4 is 10.6 Å². The maximum atomic E-state index is 13.0. The van der Waals surface area contributed by atoms with E-state index < -0.39 is 17.8 Å². The molecule has 0 radical (unpaired) electrons. The van der Waals surface area contributed by atoms with Crippen LogP contribution in [0.2, 0.25) is 0 Å². The van der Waals surface area contributed by atoms with Crippen LogP contribution in [0.25, 0.3) is 22.3 Å². The van der Waals surface area contributed by atoms with E-state index in [0.717, 1.165) is 40.1 Å². The maximum absolute atomic E-state index is 13.0. The van der Waals surface area contributed by atoms with Crippen LogP contribution in [0.1, 0.15) is 28.5 Å². The smallest absolute Gasteiger partial charge is 0.322 e. The summed E-state index contributed by atoms with van der Waals surface area (Å²) in [6.45, 7) is 3.33. The summed E-state index contributed by atoms with van der Waals surface area (Å²) >= 11 is 0. The standard InChI is InChI=1S/C27H21F3N4O2/c1-16-6-7-22(34-26(36)21-9-10-31-24(13-21)27(28,29)30)15-23(16)20-5-3-4-18(12-20)19-8-11-32-25(14-19)33-17(2)35/h3-15H,1-2H3,(H,34,36)(H,32,33,35). The van der Waals surface area contributed by atoms with E-state index in [1.165, 1.54) is 13.0 Å². The first kappa shape index (κ1) is 24.6. The van der Waals surface area contributed by atoms with Gasteiger partial charge in [-0.05, 0) is 77.2 Å². The molecule has 2 aromatic heterocycles. The van der Waals surface area contributed by atoms with Gasteiger partial charge in [0, 0.05) is 30.6 Å². The maximum Gasteiger partial charge on any atom is 0.433 e. The van der Waals surface area contributed by atoms with Crippen LogP contribution in [-0.4, -0.2) is 21.8 Å². The molecular weight excluding hydrogens is 469 g/mol. The lowest BCUT2D eigenvalue weighted by Gasteiger charge is -2.13. The number of aryl methyl sites for hydroxylation is 1. The van der Waals surface area contributed by atoms with Gasteiger partial charge >= 0.3 is 6.18 Å². The van der Waals surface area contributed by atoms with Crippen molar-refractivity contribution < 1.29 is 22.8 Å². The molecule has 0 saturated carbocycles. The number of nitrogens with one attached hydrogen (secondary N) is 2. The van der Waals surface area contributed by atoms with Crippen molar-refractivity contribution in [3.63, 3.8) is 0 Å². The highest BCUT2D eigenvalue weighted by Gasteiger charge is 2.33. The van der Waals surface area contributed by atoms with Crippen LogP contribution in [-0.2, 0) is 11.0 Å². The Hall–Kier alpha value is -4.53. The third-order valence-electron chi connectivity index (χ3n) is 5.38. The van der Waals surface area contributed by atoms with E-state index >= 15 is 0 Å². The first-order chi connectivity index (χ1) is 17.1. The number of hydrogen-bond donors (Lipinski definition) is 2. The fraction of sp³-hybridized carbons (Fsp3) is 0.111. The number of benzene rings is 2. The molecule has 0 atom stereocenters. The molecule has 6 nitrogen and oxygen atoms in total. The van der Waals surface area contributed by atoms with Crippen LogP contribution in [0.5, 0.6) is 0 Å². The molecule has 0 aliphatic heterocycles. The summed E-state index contributed by atoms with van der Waals surface area (Å²) in [5.41, 5.74) is 3.58. The van der Waals surface area contributed by atoms with E-state index in [1.807, 2.05) is 43.3 Å². The number of anilines is 2. The van der Waals surface area contributed by atoms with E-state index in [2.05, 4.69) is 20.6 Å². The number of halogens is 3. The van der Waals surface area contributed by atoms with Gasteiger partial charge in [-0.3, -0.25) is 14.6 Å². The Morgan fingerprint density at radius 1 is 0.806 bits per heavy atom. The highest BCUT2D eigenvalue weighted by molar-refractivity contribution is 6.04. The van der Waals surface area contributed by atoms with Crippen molar-refractivity contribution in [1.82, 2.24) is 9.97 Å². The molecule has 2 N–H and O–H groups in total. The normalized spacial score (nSPS) is 11.1. The molecule has 2 amide bonds. The molecule has 9 heteroatoms. The van der Waals surface area contributed by atoms with Crippen molar-refractivity contribution in [1.29, 1.82) is 0 Å². The van der Waals surface area contributed by atoms with Crippen molar-refractivity contribution in [3.8, 4) is 22.3 Å². The van der Waals surface area contributed by atoms with Gasteiger partial charge in [0.1, 0.15) is 11.5 Å². The average molecular weight is 490 g/mol. The van der Waals surface area contributed by atoms with Gasteiger partial charge in [-0.1, -0.05) is 24.3 Å². The minimum Gasteiger partial charge on any atom is -0.322 e. The molecule has 36 heavy (non-hydrogen) atoms. The number of rotatable bonds is 5. The number of pyridine rings is 2. The number of hydrogen-bond acceptors (Lipinski definition) is 4. The zero-order chi connectivity index (χ0) is 25.9.